The summed E-state index contributed by atoms with van der Waals surface area (Å²) >= 11 is 0. The third kappa shape index (κ3) is 5.17. The van der Waals surface area contributed by atoms with E-state index in [1.54, 1.807) is 17.0 Å². The molecule has 36 heavy (non-hydrogen) atoms. The third-order valence-corrected chi connectivity index (χ3v) is 6.81. The summed E-state index contributed by atoms with van der Waals surface area (Å²) in [5.41, 5.74) is 3.29. The number of alkyl halides is 3. The minimum Gasteiger partial charge on any atom is -0.443 e. The van der Waals surface area contributed by atoms with Gasteiger partial charge in [0.15, 0.2) is 0 Å². The molecule has 3 aliphatic heterocycles. The van der Waals surface area contributed by atoms with Crippen LogP contribution in [0.5, 0.6) is 0 Å². The molecule has 11 heteroatoms. The van der Waals surface area contributed by atoms with Gasteiger partial charge in [-0.15, -0.1) is 5.10 Å². The molecule has 2 aromatic carbocycles. The van der Waals surface area contributed by atoms with Crippen LogP contribution < -0.4 is 10.3 Å². The van der Waals surface area contributed by atoms with Crippen molar-refractivity contribution in [3.63, 3.8) is 0 Å². The lowest BCUT2D eigenvalue weighted by Crippen LogP contribution is -2.53. The van der Waals surface area contributed by atoms with Crippen molar-refractivity contribution in [3.8, 4) is 0 Å². The van der Waals surface area contributed by atoms with Crippen molar-refractivity contribution in [1.29, 1.82) is 0 Å². The molecule has 2 fully saturated rings. The largest absolute Gasteiger partial charge is 0.470 e. The second-order valence-corrected chi connectivity index (χ2v) is 9.15. The number of nitrogens with zero attached hydrogens (tertiary/aromatic N) is 3. The number of halogens is 4. The Kier molecular flexibility index (Phi) is 6.85. The molecule has 1 atom stereocenters. The van der Waals surface area contributed by atoms with Crippen molar-refractivity contribution in [2.24, 2.45) is 11.0 Å². The second kappa shape index (κ2) is 10.1. The number of carbonyl (C=O) groups excluding carboxylic acids is 1. The minimum absolute atomic E-state index is 0.00507. The molecule has 1 unspecified atom stereocenters. The lowest BCUT2D eigenvalue weighted by atomic mass is 9.93. The van der Waals surface area contributed by atoms with Crippen molar-refractivity contribution in [2.45, 2.75) is 37.8 Å². The normalized spacial score (nSPS) is 21.3. The molecule has 2 saturated heterocycles. The molecule has 192 valence electrons. The van der Waals surface area contributed by atoms with Gasteiger partial charge in [0.2, 0.25) is 12.1 Å². The van der Waals surface area contributed by atoms with Gasteiger partial charge in [0.25, 0.3) is 0 Å². The van der Waals surface area contributed by atoms with Gasteiger partial charge in [-0.3, -0.25) is 15.1 Å². The molecule has 7 nitrogen and oxygen atoms in total. The number of hydrogen-bond donors (Lipinski definition) is 1. The minimum atomic E-state index is -4.74. The van der Waals surface area contributed by atoms with E-state index in [4.69, 9.17) is 9.47 Å². The number of benzene rings is 2. The number of anilines is 1. The van der Waals surface area contributed by atoms with E-state index < -0.39 is 24.1 Å². The van der Waals surface area contributed by atoms with E-state index >= 15 is 4.39 Å². The summed E-state index contributed by atoms with van der Waals surface area (Å²) in [5.74, 6) is -2.31. The number of piperidine rings is 1. The predicted octanol–water partition coefficient (Wildman–Crippen LogP) is 3.96. The number of hydrazone groups is 1. The summed E-state index contributed by atoms with van der Waals surface area (Å²) in [5, 5.41) is 3.14. The zero-order chi connectivity index (χ0) is 25.3. The quantitative estimate of drug-likeness (QED) is 0.601. The fraction of sp³-hybridized carbons (Fsp3) is 0.440. The highest BCUT2D eigenvalue weighted by atomic mass is 19.4. The van der Waals surface area contributed by atoms with E-state index in [9.17, 15) is 18.0 Å². The van der Waals surface area contributed by atoms with E-state index in [0.717, 1.165) is 32.4 Å². The van der Waals surface area contributed by atoms with Gasteiger partial charge < -0.3 is 14.4 Å². The smallest absolute Gasteiger partial charge is 0.443 e. The molecular weight excluding hydrogens is 480 g/mol. The summed E-state index contributed by atoms with van der Waals surface area (Å²) in [4.78, 5) is 17.5. The summed E-state index contributed by atoms with van der Waals surface area (Å²) in [7, 11) is 0. The molecule has 2 aromatic rings. The zero-order valence-electron chi connectivity index (χ0n) is 19.4. The molecule has 0 aromatic heterocycles. The Morgan fingerprint density at radius 3 is 2.42 bits per heavy atom. The SMILES string of the molecule is O=C(C1CCN(C2COC2)CC1)N(Cc1ccc(C2NN=C(C(F)(F)F)O2)cc1F)c1ccccc1. The van der Waals surface area contributed by atoms with Gasteiger partial charge in [-0.1, -0.05) is 30.3 Å². The summed E-state index contributed by atoms with van der Waals surface area (Å²) in [6.45, 7) is 3.08. The second-order valence-electron chi connectivity index (χ2n) is 9.15. The van der Waals surface area contributed by atoms with E-state index in [0.29, 0.717) is 24.6 Å². The van der Waals surface area contributed by atoms with E-state index in [1.807, 2.05) is 18.2 Å². The first-order chi connectivity index (χ1) is 17.3. The Morgan fingerprint density at radius 2 is 1.83 bits per heavy atom. The first kappa shape index (κ1) is 24.5. The van der Waals surface area contributed by atoms with Crippen LogP contribution in [0.3, 0.4) is 0 Å². The summed E-state index contributed by atoms with van der Waals surface area (Å²) < 4.78 is 63.5. The van der Waals surface area contributed by atoms with Gasteiger partial charge in [-0.25, -0.2) is 4.39 Å². The maximum atomic E-state index is 15.1. The van der Waals surface area contributed by atoms with Crippen LogP contribution in [0.25, 0.3) is 0 Å². The molecule has 5 rings (SSSR count). The number of nitrogens with one attached hydrogen (secondary N) is 1. The van der Waals surface area contributed by atoms with Crippen LogP contribution in [0, 0.1) is 11.7 Å². The van der Waals surface area contributed by atoms with Crippen molar-refractivity contribution in [3.05, 3.63) is 65.5 Å². The molecule has 0 bridgehead atoms. The van der Waals surface area contributed by atoms with Crippen molar-refractivity contribution in [2.75, 3.05) is 31.2 Å². The summed E-state index contributed by atoms with van der Waals surface area (Å²) in [6.07, 6.45) is -4.56. The predicted molar refractivity (Wildman–Crippen MR) is 123 cm³/mol. The van der Waals surface area contributed by atoms with Crippen LogP contribution in [-0.4, -0.2) is 55.2 Å². The van der Waals surface area contributed by atoms with E-state index in [-0.39, 0.29) is 29.5 Å². The lowest BCUT2D eigenvalue weighted by Gasteiger charge is -2.41. The average Bonchev–Trinajstić information content (AvgIpc) is 3.34. The molecule has 3 heterocycles. The van der Waals surface area contributed by atoms with Gasteiger partial charge in [-0.2, -0.15) is 13.2 Å². The van der Waals surface area contributed by atoms with Gasteiger partial charge in [0.1, 0.15) is 5.82 Å². The van der Waals surface area contributed by atoms with E-state index in [2.05, 4.69) is 15.4 Å². The molecule has 1 amide bonds. The maximum absolute atomic E-state index is 15.1. The fourth-order valence-corrected chi connectivity index (χ4v) is 4.65. The number of amides is 1. The van der Waals surface area contributed by atoms with Crippen LogP contribution >= 0.6 is 0 Å². The molecule has 0 saturated carbocycles. The highest BCUT2D eigenvalue weighted by Gasteiger charge is 2.43. The fourth-order valence-electron chi connectivity index (χ4n) is 4.65. The highest BCUT2D eigenvalue weighted by molar-refractivity contribution is 5.95. The van der Waals surface area contributed by atoms with Gasteiger partial charge in [0, 0.05) is 22.7 Å². The first-order valence-corrected chi connectivity index (χ1v) is 11.8. The number of carbonyl (C=O) groups is 1. The maximum Gasteiger partial charge on any atom is 0.470 e. The van der Waals surface area contributed by atoms with Crippen LogP contribution in [0.4, 0.5) is 23.2 Å². The molecule has 0 aliphatic carbocycles. The average molecular weight is 507 g/mol. The Labute approximate surface area is 205 Å². The Morgan fingerprint density at radius 1 is 1.11 bits per heavy atom. The molecule has 0 spiro atoms. The third-order valence-electron chi connectivity index (χ3n) is 6.81. The first-order valence-electron chi connectivity index (χ1n) is 11.8. The van der Waals surface area contributed by atoms with Crippen LogP contribution in [0.15, 0.2) is 53.6 Å². The number of para-hydroxylation sites is 1. The molecule has 3 aliphatic rings. The number of hydrogen-bond acceptors (Lipinski definition) is 6. The molecule has 1 N–H and O–H groups in total. The van der Waals surface area contributed by atoms with Crippen LogP contribution in [0.2, 0.25) is 0 Å². The van der Waals surface area contributed by atoms with E-state index in [1.165, 1.54) is 12.1 Å². The Hall–Kier alpha value is -3.18. The van der Waals surface area contributed by atoms with Crippen LogP contribution in [0.1, 0.15) is 30.2 Å². The van der Waals surface area contributed by atoms with Crippen molar-refractivity contribution in [1.82, 2.24) is 10.3 Å². The monoisotopic (exact) mass is 506 g/mol. The van der Waals surface area contributed by atoms with Crippen molar-refractivity contribution >= 4 is 17.5 Å². The lowest BCUT2D eigenvalue weighted by molar-refractivity contribution is -0.125. The Balaban J connectivity index is 1.30. The number of rotatable bonds is 6. The molecular formula is C25H26F4N4O3. The number of ether oxygens (including phenoxy) is 2. The zero-order valence-corrected chi connectivity index (χ0v) is 19.4. The van der Waals surface area contributed by atoms with Crippen molar-refractivity contribution < 1.29 is 31.8 Å². The molecule has 0 radical (unpaired) electrons. The topological polar surface area (TPSA) is 66.4 Å². The Bertz CT molecular complexity index is 1120. The van der Waals surface area contributed by atoms with Gasteiger partial charge >= 0.3 is 12.1 Å². The summed E-state index contributed by atoms with van der Waals surface area (Å²) in [6, 6.07) is 13.5. The van der Waals surface area contributed by atoms with Crippen LogP contribution in [-0.2, 0) is 20.8 Å². The number of likely N-dealkylation sites (tertiary alicyclic amines) is 1. The highest BCUT2D eigenvalue weighted by Crippen LogP contribution is 2.30. The van der Waals surface area contributed by atoms with Gasteiger partial charge in [-0.05, 0) is 44.1 Å². The van der Waals surface area contributed by atoms with Gasteiger partial charge in [0.05, 0.1) is 25.8 Å². The standard InChI is InChI=1S/C25H26F4N4O3/c26-21-12-17(22-30-31-24(36-22)25(27,28)29)6-7-18(21)13-33(19-4-2-1-3-5-19)23(34)16-8-10-32(11-9-16)20-14-35-15-20/h1-7,12,16,20,22,30H,8-11,13-15H2.